The first-order valence-electron chi connectivity index (χ1n) is 8.64. The van der Waals surface area contributed by atoms with E-state index >= 15 is 0 Å². The summed E-state index contributed by atoms with van der Waals surface area (Å²) in [6, 6.07) is 6.53. The fourth-order valence-electron chi connectivity index (χ4n) is 2.82. The number of hydrogen-bond donors (Lipinski definition) is 2. The predicted octanol–water partition coefficient (Wildman–Crippen LogP) is 1.89. The van der Waals surface area contributed by atoms with E-state index in [4.69, 9.17) is 9.47 Å². The molecule has 144 valence electrons. The smallest absolute Gasteiger partial charge is 0.324 e. The van der Waals surface area contributed by atoms with Crippen LogP contribution < -0.4 is 25.0 Å². The van der Waals surface area contributed by atoms with Crippen LogP contribution in [0.4, 0.5) is 22.1 Å². The van der Waals surface area contributed by atoms with Gasteiger partial charge in [-0.2, -0.15) is 0 Å². The van der Waals surface area contributed by atoms with Crippen LogP contribution in [0.3, 0.4) is 0 Å². The van der Waals surface area contributed by atoms with Gasteiger partial charge in [0, 0.05) is 44.0 Å². The third-order valence-electron chi connectivity index (χ3n) is 4.36. The number of amides is 2. The van der Waals surface area contributed by atoms with Crippen LogP contribution in [0.1, 0.15) is 0 Å². The molecule has 1 aromatic carbocycles. The molecule has 0 radical (unpaired) electrons. The molecule has 27 heavy (non-hydrogen) atoms. The van der Waals surface area contributed by atoms with Crippen LogP contribution in [0.5, 0.6) is 11.5 Å². The van der Waals surface area contributed by atoms with Crippen molar-refractivity contribution >= 4 is 23.4 Å². The lowest BCUT2D eigenvalue weighted by molar-refractivity contribution is 0.262. The minimum absolute atomic E-state index is 0.398. The van der Waals surface area contributed by atoms with E-state index in [2.05, 4.69) is 37.4 Å². The first kappa shape index (κ1) is 18.7. The van der Waals surface area contributed by atoms with Crippen molar-refractivity contribution in [1.82, 2.24) is 14.9 Å². The van der Waals surface area contributed by atoms with Crippen LogP contribution in [-0.4, -0.2) is 68.3 Å². The van der Waals surface area contributed by atoms with Gasteiger partial charge in [0.1, 0.15) is 18.0 Å². The van der Waals surface area contributed by atoms with Gasteiger partial charge in [-0.15, -0.1) is 0 Å². The molecule has 1 saturated heterocycles. The highest BCUT2D eigenvalue weighted by Gasteiger charge is 2.16. The zero-order valence-corrected chi connectivity index (χ0v) is 15.7. The number of likely N-dealkylation sites (N-methyl/N-ethyl adjacent to an activating group) is 1. The highest BCUT2D eigenvalue weighted by atomic mass is 16.5. The molecule has 2 N–H and O–H groups in total. The Morgan fingerprint density at radius 3 is 2.44 bits per heavy atom. The van der Waals surface area contributed by atoms with Crippen LogP contribution in [0.15, 0.2) is 30.6 Å². The van der Waals surface area contributed by atoms with Crippen molar-refractivity contribution in [2.45, 2.75) is 0 Å². The number of ether oxygens (including phenoxy) is 2. The lowest BCUT2D eigenvalue weighted by Gasteiger charge is -2.33. The Balaban J connectivity index is 1.63. The average Bonchev–Trinajstić information content (AvgIpc) is 2.68. The summed E-state index contributed by atoms with van der Waals surface area (Å²) < 4.78 is 10.4. The summed E-state index contributed by atoms with van der Waals surface area (Å²) in [5.74, 6) is 2.38. The van der Waals surface area contributed by atoms with Gasteiger partial charge in [-0.05, 0) is 19.2 Å². The number of hydrogen-bond acceptors (Lipinski definition) is 7. The van der Waals surface area contributed by atoms with Crippen molar-refractivity contribution in [2.24, 2.45) is 0 Å². The highest BCUT2D eigenvalue weighted by molar-refractivity contribution is 5.99. The van der Waals surface area contributed by atoms with Gasteiger partial charge >= 0.3 is 6.03 Å². The summed E-state index contributed by atoms with van der Waals surface area (Å²) in [7, 11) is 5.20. The second-order valence-electron chi connectivity index (χ2n) is 6.20. The number of urea groups is 1. The van der Waals surface area contributed by atoms with Crippen molar-refractivity contribution < 1.29 is 14.3 Å². The number of rotatable bonds is 5. The average molecular weight is 372 g/mol. The Morgan fingerprint density at radius 1 is 1.00 bits per heavy atom. The van der Waals surface area contributed by atoms with Crippen molar-refractivity contribution in [3.05, 3.63) is 30.6 Å². The van der Waals surface area contributed by atoms with Crippen LogP contribution in [-0.2, 0) is 0 Å². The maximum atomic E-state index is 12.3. The molecule has 0 saturated carbocycles. The number of aromatic nitrogens is 2. The van der Waals surface area contributed by atoms with Crippen LogP contribution in [0.25, 0.3) is 0 Å². The first-order valence-corrected chi connectivity index (χ1v) is 8.64. The first-order chi connectivity index (χ1) is 13.1. The largest absolute Gasteiger partial charge is 0.493 e. The van der Waals surface area contributed by atoms with E-state index in [1.165, 1.54) is 6.33 Å². The Labute approximate surface area is 158 Å². The maximum absolute atomic E-state index is 12.3. The fraction of sp³-hybridized carbons (Fsp3) is 0.389. The van der Waals surface area contributed by atoms with Crippen LogP contribution >= 0.6 is 0 Å². The number of methoxy groups -OCH3 is 2. The van der Waals surface area contributed by atoms with E-state index in [-0.39, 0.29) is 0 Å². The molecule has 2 aromatic rings. The van der Waals surface area contributed by atoms with Gasteiger partial charge in [0.05, 0.1) is 14.2 Å². The molecule has 0 atom stereocenters. The van der Waals surface area contributed by atoms with E-state index in [9.17, 15) is 4.79 Å². The molecule has 1 aliphatic heterocycles. The summed E-state index contributed by atoms with van der Waals surface area (Å²) in [5, 5.41) is 5.49. The van der Waals surface area contributed by atoms with Crippen LogP contribution in [0, 0.1) is 0 Å². The molecular weight excluding hydrogens is 348 g/mol. The molecule has 0 spiro atoms. The van der Waals surface area contributed by atoms with Crippen molar-refractivity contribution in [3.63, 3.8) is 0 Å². The van der Waals surface area contributed by atoms with Crippen molar-refractivity contribution in [1.29, 1.82) is 0 Å². The molecule has 9 heteroatoms. The summed E-state index contributed by atoms with van der Waals surface area (Å²) in [4.78, 5) is 25.2. The Morgan fingerprint density at radius 2 is 1.74 bits per heavy atom. The Hall–Kier alpha value is -3.07. The van der Waals surface area contributed by atoms with Crippen molar-refractivity contribution in [2.75, 3.05) is 63.0 Å². The molecule has 1 fully saturated rings. The fourth-order valence-corrected chi connectivity index (χ4v) is 2.82. The van der Waals surface area contributed by atoms with E-state index in [1.807, 2.05) is 0 Å². The number of benzene rings is 1. The number of piperazine rings is 1. The van der Waals surface area contributed by atoms with E-state index < -0.39 is 6.03 Å². The second-order valence-corrected chi connectivity index (χ2v) is 6.20. The van der Waals surface area contributed by atoms with Gasteiger partial charge in [-0.1, -0.05) is 0 Å². The summed E-state index contributed by atoms with van der Waals surface area (Å²) >= 11 is 0. The highest BCUT2D eigenvalue weighted by Crippen LogP contribution is 2.29. The molecule has 0 unspecified atom stereocenters. The van der Waals surface area contributed by atoms with Gasteiger partial charge < -0.3 is 24.6 Å². The van der Waals surface area contributed by atoms with E-state index in [1.54, 1.807) is 38.5 Å². The summed E-state index contributed by atoms with van der Waals surface area (Å²) in [5.41, 5.74) is 0.582. The number of nitrogens with zero attached hydrogens (tertiary/aromatic N) is 4. The van der Waals surface area contributed by atoms with Crippen LogP contribution in [0.2, 0.25) is 0 Å². The zero-order chi connectivity index (χ0) is 19.2. The minimum Gasteiger partial charge on any atom is -0.493 e. The molecule has 1 aromatic heterocycles. The number of anilines is 3. The molecule has 9 nitrogen and oxygen atoms in total. The van der Waals surface area contributed by atoms with Gasteiger partial charge in [0.15, 0.2) is 11.5 Å². The lowest BCUT2D eigenvalue weighted by Crippen LogP contribution is -2.44. The van der Waals surface area contributed by atoms with Crippen molar-refractivity contribution in [3.8, 4) is 11.5 Å². The molecule has 0 bridgehead atoms. The maximum Gasteiger partial charge on any atom is 0.324 e. The predicted molar refractivity (Wildman–Crippen MR) is 104 cm³/mol. The monoisotopic (exact) mass is 372 g/mol. The molecular formula is C18H24N6O3. The molecule has 0 aliphatic carbocycles. The van der Waals surface area contributed by atoms with E-state index in [0.29, 0.717) is 23.0 Å². The lowest BCUT2D eigenvalue weighted by atomic mass is 10.3. The topological polar surface area (TPSA) is 91.9 Å². The molecule has 2 heterocycles. The third-order valence-corrected chi connectivity index (χ3v) is 4.36. The standard InChI is InChI=1S/C18H24N6O3/c1-23-6-8-24(9-7-23)17-11-16(19-12-20-17)22-18(25)21-13-4-5-14(26-2)15(10-13)27-3/h4-5,10-12H,6-9H2,1-3H3,(H2,19,20,21,22,25). The summed E-state index contributed by atoms with van der Waals surface area (Å²) in [6.07, 6.45) is 1.46. The van der Waals surface area contributed by atoms with Gasteiger partial charge in [-0.3, -0.25) is 5.32 Å². The minimum atomic E-state index is -0.398. The third kappa shape index (κ3) is 4.76. The van der Waals surface area contributed by atoms with Gasteiger partial charge in [-0.25, -0.2) is 14.8 Å². The zero-order valence-electron chi connectivity index (χ0n) is 15.7. The van der Waals surface area contributed by atoms with Gasteiger partial charge in [0.2, 0.25) is 0 Å². The molecule has 2 amide bonds. The Kier molecular flexibility index (Phi) is 5.92. The number of carbonyl (C=O) groups excluding carboxylic acids is 1. The molecule has 1 aliphatic rings. The number of nitrogens with one attached hydrogen (secondary N) is 2. The SMILES string of the molecule is COc1ccc(NC(=O)Nc2cc(N3CCN(C)CC3)ncn2)cc1OC. The summed E-state index contributed by atoms with van der Waals surface area (Å²) in [6.45, 7) is 3.74. The molecule has 3 rings (SSSR count). The van der Waals surface area contributed by atoms with Gasteiger partial charge in [0.25, 0.3) is 0 Å². The number of carbonyl (C=O) groups is 1. The Bertz CT molecular complexity index is 792. The normalized spacial score (nSPS) is 14.6. The second kappa shape index (κ2) is 8.54. The quantitative estimate of drug-likeness (QED) is 0.828. The van der Waals surface area contributed by atoms with E-state index in [0.717, 1.165) is 32.0 Å².